The topological polar surface area (TPSA) is 9.72 Å². The number of nitrogens with zero attached hydrogens (tertiary/aromatic N) is 3. The minimum Gasteiger partial charge on any atom is -0.352 e. The standard InChI is InChI=1S/C35H29N3/c1-2-11-31(12-3-1)38(35-15-8-10-29-9-4-5-14-34(29)35)32-22-18-28(19-23-32)27-16-20-30(21-17-27)37-25-33-13-6-7-24-36(33)26-37/h1-24,33H,25-26H2. The lowest BCUT2D eigenvalue weighted by atomic mass is 10.0. The third kappa shape index (κ3) is 4.12. The number of para-hydroxylation sites is 1. The summed E-state index contributed by atoms with van der Waals surface area (Å²) in [5.41, 5.74) is 7.19. The van der Waals surface area contributed by atoms with Crippen LogP contribution in [0.3, 0.4) is 0 Å². The Bertz CT molecular complexity index is 1590. The molecule has 0 N–H and O–H groups in total. The van der Waals surface area contributed by atoms with Gasteiger partial charge in [-0.3, -0.25) is 0 Å². The minimum atomic E-state index is 0.474. The Hall–Kier alpha value is -4.76. The van der Waals surface area contributed by atoms with Crippen LogP contribution < -0.4 is 9.80 Å². The highest BCUT2D eigenvalue weighted by Gasteiger charge is 2.27. The van der Waals surface area contributed by atoms with Crippen LogP contribution in [0.5, 0.6) is 0 Å². The Kier molecular flexibility index (Phi) is 5.67. The lowest BCUT2D eigenvalue weighted by Crippen LogP contribution is -2.24. The molecule has 0 aromatic heterocycles. The quantitative estimate of drug-likeness (QED) is 0.244. The first-order valence-corrected chi connectivity index (χ1v) is 13.2. The summed E-state index contributed by atoms with van der Waals surface area (Å²) in [6.07, 6.45) is 8.74. The molecular formula is C35H29N3. The number of hydrogen-bond donors (Lipinski definition) is 0. The van der Waals surface area contributed by atoms with Gasteiger partial charge in [0.2, 0.25) is 0 Å². The number of fused-ring (bicyclic) bond motifs is 2. The van der Waals surface area contributed by atoms with Gasteiger partial charge in [-0.15, -0.1) is 0 Å². The van der Waals surface area contributed by atoms with E-state index in [0.717, 1.165) is 24.6 Å². The van der Waals surface area contributed by atoms with Crippen LogP contribution in [0.4, 0.5) is 22.7 Å². The van der Waals surface area contributed by atoms with Crippen LogP contribution in [0, 0.1) is 0 Å². The molecule has 2 aliphatic rings. The summed E-state index contributed by atoms with van der Waals surface area (Å²) < 4.78 is 0. The number of hydrogen-bond acceptors (Lipinski definition) is 3. The van der Waals surface area contributed by atoms with Crippen molar-refractivity contribution >= 4 is 33.5 Å². The molecule has 1 atom stereocenters. The van der Waals surface area contributed by atoms with Crippen molar-refractivity contribution in [1.82, 2.24) is 4.90 Å². The first kappa shape index (κ1) is 22.4. The van der Waals surface area contributed by atoms with Crippen molar-refractivity contribution in [2.45, 2.75) is 6.04 Å². The van der Waals surface area contributed by atoms with Crippen LogP contribution in [0.1, 0.15) is 0 Å². The molecule has 3 heteroatoms. The molecule has 0 aliphatic carbocycles. The lowest BCUT2D eigenvalue weighted by molar-refractivity contribution is 0.404. The van der Waals surface area contributed by atoms with Gasteiger partial charge in [0.15, 0.2) is 0 Å². The number of benzene rings is 5. The van der Waals surface area contributed by atoms with E-state index in [4.69, 9.17) is 0 Å². The zero-order valence-electron chi connectivity index (χ0n) is 21.2. The van der Waals surface area contributed by atoms with Crippen LogP contribution >= 0.6 is 0 Å². The van der Waals surface area contributed by atoms with Crippen LogP contribution in [0.15, 0.2) is 146 Å². The average molecular weight is 492 g/mol. The van der Waals surface area contributed by atoms with Crippen molar-refractivity contribution in [1.29, 1.82) is 0 Å². The maximum atomic E-state index is 2.44. The zero-order valence-corrected chi connectivity index (χ0v) is 21.2. The Morgan fingerprint density at radius 3 is 2.08 bits per heavy atom. The van der Waals surface area contributed by atoms with Gasteiger partial charge < -0.3 is 14.7 Å². The molecule has 1 fully saturated rings. The lowest BCUT2D eigenvalue weighted by Gasteiger charge is -2.27. The van der Waals surface area contributed by atoms with Crippen molar-refractivity contribution in [3.8, 4) is 11.1 Å². The van der Waals surface area contributed by atoms with Crippen molar-refractivity contribution in [2.75, 3.05) is 23.0 Å². The summed E-state index contributed by atoms with van der Waals surface area (Å²) in [5, 5.41) is 2.48. The summed E-state index contributed by atoms with van der Waals surface area (Å²) in [6, 6.07) is 44.1. The highest BCUT2D eigenvalue weighted by atomic mass is 15.4. The van der Waals surface area contributed by atoms with Gasteiger partial charge in [0.1, 0.15) is 0 Å². The average Bonchev–Trinajstić information content (AvgIpc) is 3.43. The summed E-state index contributed by atoms with van der Waals surface area (Å²) in [5.74, 6) is 0. The largest absolute Gasteiger partial charge is 0.352 e. The molecule has 5 aromatic rings. The van der Waals surface area contributed by atoms with E-state index in [1.54, 1.807) is 0 Å². The monoisotopic (exact) mass is 491 g/mol. The second-order valence-electron chi connectivity index (χ2n) is 9.93. The number of allylic oxidation sites excluding steroid dienone is 2. The van der Waals surface area contributed by atoms with E-state index in [9.17, 15) is 0 Å². The highest BCUT2D eigenvalue weighted by molar-refractivity contribution is 5.98. The van der Waals surface area contributed by atoms with E-state index in [1.807, 2.05) is 0 Å². The van der Waals surface area contributed by atoms with Gasteiger partial charge in [0, 0.05) is 35.2 Å². The summed E-state index contributed by atoms with van der Waals surface area (Å²) >= 11 is 0. The van der Waals surface area contributed by atoms with E-state index in [2.05, 4.69) is 160 Å². The molecule has 0 spiro atoms. The third-order valence-electron chi connectivity index (χ3n) is 7.60. The molecule has 3 nitrogen and oxygen atoms in total. The summed E-state index contributed by atoms with van der Waals surface area (Å²) in [4.78, 5) is 7.18. The molecule has 0 radical (unpaired) electrons. The molecule has 38 heavy (non-hydrogen) atoms. The third-order valence-corrected chi connectivity index (χ3v) is 7.60. The Morgan fingerprint density at radius 1 is 0.605 bits per heavy atom. The van der Waals surface area contributed by atoms with Gasteiger partial charge in [-0.2, -0.15) is 0 Å². The SMILES string of the molecule is C1=CC2CN(c3ccc(-c4ccc(N(c5ccccc5)c5cccc6ccccc56)cc4)cc3)CN2C=C1. The Balaban J connectivity index is 1.19. The molecule has 1 saturated heterocycles. The predicted molar refractivity (Wildman–Crippen MR) is 160 cm³/mol. The van der Waals surface area contributed by atoms with E-state index >= 15 is 0 Å². The van der Waals surface area contributed by atoms with Gasteiger partial charge in [0.25, 0.3) is 0 Å². The van der Waals surface area contributed by atoms with Gasteiger partial charge in [0.05, 0.1) is 18.4 Å². The molecule has 0 saturated carbocycles. The molecule has 5 aromatic carbocycles. The van der Waals surface area contributed by atoms with Crippen LogP contribution in [-0.2, 0) is 0 Å². The second kappa shape index (κ2) is 9.60. The first-order valence-electron chi connectivity index (χ1n) is 13.2. The normalized spacial score (nSPS) is 16.2. The van der Waals surface area contributed by atoms with E-state index in [0.29, 0.717) is 6.04 Å². The molecule has 2 heterocycles. The molecule has 0 amide bonds. The summed E-state index contributed by atoms with van der Waals surface area (Å²) in [6.45, 7) is 1.96. The van der Waals surface area contributed by atoms with Crippen LogP contribution in [0.2, 0.25) is 0 Å². The van der Waals surface area contributed by atoms with Crippen LogP contribution in [-0.4, -0.2) is 24.2 Å². The van der Waals surface area contributed by atoms with Gasteiger partial charge in [-0.1, -0.05) is 91.0 Å². The van der Waals surface area contributed by atoms with Gasteiger partial charge in [-0.05, 0) is 65.1 Å². The second-order valence-corrected chi connectivity index (χ2v) is 9.93. The van der Waals surface area contributed by atoms with E-state index < -0.39 is 0 Å². The van der Waals surface area contributed by atoms with E-state index in [1.165, 1.54) is 33.3 Å². The van der Waals surface area contributed by atoms with E-state index in [-0.39, 0.29) is 0 Å². The fraction of sp³-hybridized carbons (Fsp3) is 0.0857. The molecular weight excluding hydrogens is 462 g/mol. The molecule has 0 bridgehead atoms. The molecule has 2 aliphatic heterocycles. The fourth-order valence-corrected chi connectivity index (χ4v) is 5.63. The highest BCUT2D eigenvalue weighted by Crippen LogP contribution is 2.39. The van der Waals surface area contributed by atoms with Gasteiger partial charge in [-0.25, -0.2) is 0 Å². The predicted octanol–water partition coefficient (Wildman–Crippen LogP) is 8.51. The van der Waals surface area contributed by atoms with Gasteiger partial charge >= 0.3 is 0 Å². The first-order chi connectivity index (χ1) is 18.8. The van der Waals surface area contributed by atoms with Crippen LogP contribution in [0.25, 0.3) is 21.9 Å². The Morgan fingerprint density at radius 2 is 1.29 bits per heavy atom. The molecule has 184 valence electrons. The summed E-state index contributed by atoms with van der Waals surface area (Å²) in [7, 11) is 0. The minimum absolute atomic E-state index is 0.474. The van der Waals surface area contributed by atoms with Crippen molar-refractivity contribution in [2.24, 2.45) is 0 Å². The molecule has 7 rings (SSSR count). The maximum Gasteiger partial charge on any atom is 0.0905 e. The number of rotatable bonds is 5. The Labute approximate surface area is 224 Å². The van der Waals surface area contributed by atoms with Crippen molar-refractivity contribution < 1.29 is 0 Å². The smallest absolute Gasteiger partial charge is 0.0905 e. The molecule has 1 unspecified atom stereocenters. The number of anilines is 4. The van der Waals surface area contributed by atoms with Crippen molar-refractivity contribution in [3.63, 3.8) is 0 Å². The maximum absolute atomic E-state index is 2.44. The fourth-order valence-electron chi connectivity index (χ4n) is 5.63. The zero-order chi connectivity index (χ0) is 25.3. The van der Waals surface area contributed by atoms with Crippen molar-refractivity contribution in [3.05, 3.63) is 146 Å².